The number of aryl methyl sites for hydroxylation is 2. The molecule has 0 saturated heterocycles. The Balaban J connectivity index is 2.86. The van der Waals surface area contributed by atoms with E-state index >= 15 is 0 Å². The zero-order valence-electron chi connectivity index (χ0n) is 10.9. The van der Waals surface area contributed by atoms with Gasteiger partial charge in [-0.3, -0.25) is 4.79 Å². The number of carbonyl (C=O) groups excluding carboxylic acids is 1. The topological polar surface area (TPSA) is 99.0 Å². The van der Waals surface area contributed by atoms with Gasteiger partial charge in [-0.25, -0.2) is 4.68 Å². The number of nitrogens with two attached hydrogens (primary N) is 2. The normalized spacial score (nSPS) is 11.5. The summed E-state index contributed by atoms with van der Waals surface area (Å²) in [5.74, 6) is 0.405. The second-order valence-corrected chi connectivity index (χ2v) is 4.77. The minimum Gasteiger partial charge on any atom is -0.394 e. The van der Waals surface area contributed by atoms with E-state index in [1.807, 2.05) is 13.8 Å². The third kappa shape index (κ3) is 2.69. The van der Waals surface area contributed by atoms with E-state index in [4.69, 9.17) is 11.5 Å². The molecule has 0 atom stereocenters. The average molecular weight is 239 g/mol. The van der Waals surface area contributed by atoms with Crippen molar-refractivity contribution in [2.45, 2.75) is 34.2 Å². The number of rotatable bonds is 5. The Labute approximate surface area is 101 Å². The summed E-state index contributed by atoms with van der Waals surface area (Å²) in [6.07, 6.45) is 0. The van der Waals surface area contributed by atoms with Crippen LogP contribution in [0.1, 0.15) is 26.5 Å². The van der Waals surface area contributed by atoms with Crippen LogP contribution in [0.5, 0.6) is 0 Å². The van der Waals surface area contributed by atoms with Crippen molar-refractivity contribution >= 4 is 17.4 Å². The van der Waals surface area contributed by atoms with Gasteiger partial charge >= 0.3 is 0 Å². The zero-order valence-corrected chi connectivity index (χ0v) is 10.9. The number of primary amides is 1. The van der Waals surface area contributed by atoms with E-state index in [0.29, 0.717) is 12.2 Å². The van der Waals surface area contributed by atoms with Gasteiger partial charge in [-0.15, -0.1) is 0 Å². The number of anilines is 2. The molecule has 0 aliphatic heterocycles. The molecule has 0 fully saturated rings. The van der Waals surface area contributed by atoms with Crippen LogP contribution in [0.15, 0.2) is 0 Å². The molecule has 1 rings (SSSR count). The molecule has 0 bridgehead atoms. The fourth-order valence-electron chi connectivity index (χ4n) is 1.40. The molecule has 0 spiro atoms. The first kappa shape index (κ1) is 13.3. The lowest BCUT2D eigenvalue weighted by molar-refractivity contribution is -0.125. The quantitative estimate of drug-likeness (QED) is 0.705. The molecule has 0 radical (unpaired) electrons. The fraction of sp³-hybridized carbons (Fsp3) is 0.636. The molecular weight excluding hydrogens is 218 g/mol. The summed E-state index contributed by atoms with van der Waals surface area (Å²) >= 11 is 0. The van der Waals surface area contributed by atoms with Gasteiger partial charge in [0.1, 0.15) is 5.82 Å². The van der Waals surface area contributed by atoms with Gasteiger partial charge in [0.25, 0.3) is 0 Å². The summed E-state index contributed by atoms with van der Waals surface area (Å²) in [6, 6.07) is 0. The van der Waals surface area contributed by atoms with E-state index in [0.717, 1.165) is 18.1 Å². The Hall–Kier alpha value is -1.72. The van der Waals surface area contributed by atoms with Crippen molar-refractivity contribution in [1.82, 2.24) is 9.78 Å². The van der Waals surface area contributed by atoms with Gasteiger partial charge in [0.2, 0.25) is 5.91 Å². The maximum Gasteiger partial charge on any atom is 0.224 e. The molecular formula is C11H21N5O. The Bertz CT molecular complexity index is 422. The number of hydrogen-bond donors (Lipinski definition) is 3. The largest absolute Gasteiger partial charge is 0.394 e. The van der Waals surface area contributed by atoms with Crippen LogP contribution in [0, 0.1) is 12.3 Å². The highest BCUT2D eigenvalue weighted by molar-refractivity contribution is 5.80. The predicted octanol–water partition coefficient (Wildman–Crippen LogP) is 0.717. The molecule has 6 heteroatoms. The number of aromatic nitrogens is 2. The Morgan fingerprint density at radius 3 is 2.59 bits per heavy atom. The predicted molar refractivity (Wildman–Crippen MR) is 68.5 cm³/mol. The molecule has 1 aromatic rings. The minimum absolute atomic E-state index is 0.345. The van der Waals surface area contributed by atoms with Crippen molar-refractivity contribution < 1.29 is 4.79 Å². The van der Waals surface area contributed by atoms with E-state index < -0.39 is 5.41 Å². The summed E-state index contributed by atoms with van der Waals surface area (Å²) in [5, 5.41) is 7.44. The standard InChI is InChI=1S/C11H21N5O/c1-5-16-9(8(12)7(2)15-16)14-6-11(3,4)10(13)17/h14H,5-6,12H2,1-4H3,(H2,13,17). The van der Waals surface area contributed by atoms with Crippen LogP contribution in [-0.2, 0) is 11.3 Å². The molecule has 0 aliphatic rings. The number of amides is 1. The first-order valence-electron chi connectivity index (χ1n) is 5.66. The average Bonchev–Trinajstić information content (AvgIpc) is 2.52. The molecule has 0 saturated carbocycles. The first-order chi connectivity index (χ1) is 7.79. The third-order valence-electron chi connectivity index (χ3n) is 2.84. The second-order valence-electron chi connectivity index (χ2n) is 4.77. The van der Waals surface area contributed by atoms with Crippen molar-refractivity contribution in [3.05, 3.63) is 5.69 Å². The van der Waals surface area contributed by atoms with E-state index in [1.165, 1.54) is 0 Å². The molecule has 0 aromatic carbocycles. The molecule has 5 N–H and O–H groups in total. The molecule has 1 amide bonds. The van der Waals surface area contributed by atoms with Crippen molar-refractivity contribution in [2.75, 3.05) is 17.6 Å². The summed E-state index contributed by atoms with van der Waals surface area (Å²) in [4.78, 5) is 11.2. The van der Waals surface area contributed by atoms with Crippen molar-refractivity contribution in [3.63, 3.8) is 0 Å². The van der Waals surface area contributed by atoms with Crippen LogP contribution in [0.3, 0.4) is 0 Å². The van der Waals surface area contributed by atoms with E-state index in [1.54, 1.807) is 18.5 Å². The summed E-state index contributed by atoms with van der Waals surface area (Å²) < 4.78 is 1.78. The smallest absolute Gasteiger partial charge is 0.224 e. The molecule has 17 heavy (non-hydrogen) atoms. The summed E-state index contributed by atoms with van der Waals surface area (Å²) in [5.41, 5.74) is 12.0. The molecule has 0 aliphatic carbocycles. The molecule has 1 heterocycles. The first-order valence-corrected chi connectivity index (χ1v) is 5.66. The number of nitrogen functional groups attached to an aromatic ring is 1. The molecule has 1 aromatic heterocycles. The highest BCUT2D eigenvalue weighted by atomic mass is 16.1. The maximum absolute atomic E-state index is 11.2. The van der Waals surface area contributed by atoms with Gasteiger partial charge in [0.05, 0.1) is 16.8 Å². The van der Waals surface area contributed by atoms with Crippen LogP contribution in [0.25, 0.3) is 0 Å². The van der Waals surface area contributed by atoms with Crippen molar-refractivity contribution in [3.8, 4) is 0 Å². The monoisotopic (exact) mass is 239 g/mol. The van der Waals surface area contributed by atoms with Crippen molar-refractivity contribution in [2.24, 2.45) is 11.1 Å². The second kappa shape index (κ2) is 4.65. The highest BCUT2D eigenvalue weighted by Crippen LogP contribution is 2.24. The van der Waals surface area contributed by atoms with Gasteiger partial charge in [0, 0.05) is 13.1 Å². The van der Waals surface area contributed by atoms with Crippen LogP contribution in [-0.4, -0.2) is 22.2 Å². The number of hydrogen-bond acceptors (Lipinski definition) is 4. The lowest BCUT2D eigenvalue weighted by Gasteiger charge is -2.21. The van der Waals surface area contributed by atoms with Gasteiger partial charge in [0.15, 0.2) is 0 Å². The number of nitrogens with zero attached hydrogens (tertiary/aromatic N) is 2. The lowest BCUT2D eigenvalue weighted by Crippen LogP contribution is -2.37. The van der Waals surface area contributed by atoms with E-state index in [-0.39, 0.29) is 5.91 Å². The van der Waals surface area contributed by atoms with Crippen LogP contribution >= 0.6 is 0 Å². The highest BCUT2D eigenvalue weighted by Gasteiger charge is 2.25. The Morgan fingerprint density at radius 1 is 1.53 bits per heavy atom. The number of carbonyl (C=O) groups is 1. The van der Waals surface area contributed by atoms with Gasteiger partial charge < -0.3 is 16.8 Å². The van der Waals surface area contributed by atoms with Crippen LogP contribution < -0.4 is 16.8 Å². The summed E-state index contributed by atoms with van der Waals surface area (Å²) in [6.45, 7) is 8.56. The number of nitrogens with one attached hydrogen (secondary N) is 1. The molecule has 0 unspecified atom stereocenters. The van der Waals surface area contributed by atoms with Crippen LogP contribution in [0.4, 0.5) is 11.5 Å². The summed E-state index contributed by atoms with van der Waals surface area (Å²) in [7, 11) is 0. The van der Waals surface area contributed by atoms with Crippen LogP contribution in [0.2, 0.25) is 0 Å². The minimum atomic E-state index is -0.622. The third-order valence-corrected chi connectivity index (χ3v) is 2.84. The Kier molecular flexibility index (Phi) is 3.65. The lowest BCUT2D eigenvalue weighted by atomic mass is 9.93. The van der Waals surface area contributed by atoms with E-state index in [9.17, 15) is 4.79 Å². The van der Waals surface area contributed by atoms with Gasteiger partial charge in [-0.05, 0) is 27.7 Å². The van der Waals surface area contributed by atoms with Gasteiger partial charge in [-0.1, -0.05) is 0 Å². The van der Waals surface area contributed by atoms with E-state index in [2.05, 4.69) is 10.4 Å². The fourth-order valence-corrected chi connectivity index (χ4v) is 1.40. The molecule has 96 valence electrons. The van der Waals surface area contributed by atoms with Crippen molar-refractivity contribution in [1.29, 1.82) is 0 Å². The zero-order chi connectivity index (χ0) is 13.2. The Morgan fingerprint density at radius 2 is 2.12 bits per heavy atom. The van der Waals surface area contributed by atoms with Gasteiger partial charge in [-0.2, -0.15) is 5.10 Å². The maximum atomic E-state index is 11.2. The molecule has 6 nitrogen and oxygen atoms in total. The SMILES string of the molecule is CCn1nc(C)c(N)c1NCC(C)(C)C(N)=O.